The first kappa shape index (κ1) is 15.2. The van der Waals surface area contributed by atoms with Gasteiger partial charge in [0.15, 0.2) is 0 Å². The fraction of sp³-hybridized carbons (Fsp3) is 0.625. The van der Waals surface area contributed by atoms with Gasteiger partial charge in [0.05, 0.1) is 6.61 Å². The Labute approximate surface area is 112 Å². The van der Waals surface area contributed by atoms with Gasteiger partial charge in [0, 0.05) is 12.1 Å². The Kier molecular flexibility index (Phi) is 6.37. The van der Waals surface area contributed by atoms with E-state index in [-0.39, 0.29) is 5.54 Å². The molecule has 0 heterocycles. The molecule has 0 unspecified atom stereocenters. The summed E-state index contributed by atoms with van der Waals surface area (Å²) in [5.74, 6) is 0. The third-order valence-electron chi connectivity index (χ3n) is 2.79. The topological polar surface area (TPSA) is 21.3 Å². The number of hydrogen-bond donors (Lipinski definition) is 1. The summed E-state index contributed by atoms with van der Waals surface area (Å²) in [5.41, 5.74) is 2.86. The van der Waals surface area contributed by atoms with Gasteiger partial charge in [-0.25, -0.2) is 0 Å². The second-order valence-electron chi connectivity index (χ2n) is 5.76. The Bertz CT molecular complexity index is 341. The van der Waals surface area contributed by atoms with Crippen LogP contribution in [0.4, 0.5) is 0 Å². The molecule has 0 spiro atoms. The van der Waals surface area contributed by atoms with Crippen molar-refractivity contribution >= 4 is 0 Å². The second-order valence-corrected chi connectivity index (χ2v) is 5.76. The Balaban J connectivity index is 2.14. The van der Waals surface area contributed by atoms with E-state index in [0.717, 1.165) is 32.6 Å². The summed E-state index contributed by atoms with van der Waals surface area (Å²) in [6, 6.07) is 8.63. The quantitative estimate of drug-likeness (QED) is 0.746. The van der Waals surface area contributed by atoms with Gasteiger partial charge in [0.1, 0.15) is 0 Å². The van der Waals surface area contributed by atoms with E-state index in [1.807, 2.05) is 0 Å². The van der Waals surface area contributed by atoms with Crippen LogP contribution in [-0.4, -0.2) is 18.7 Å². The summed E-state index contributed by atoms with van der Waals surface area (Å²) < 4.78 is 5.69. The van der Waals surface area contributed by atoms with Gasteiger partial charge >= 0.3 is 0 Å². The molecule has 0 aromatic heterocycles. The van der Waals surface area contributed by atoms with Crippen LogP contribution in [0.1, 0.15) is 45.2 Å². The molecular formula is C16H27NO. The maximum atomic E-state index is 5.69. The molecule has 18 heavy (non-hydrogen) atoms. The molecule has 1 aromatic rings. The Morgan fingerprint density at radius 3 is 2.56 bits per heavy atom. The highest BCUT2D eigenvalue weighted by atomic mass is 16.5. The van der Waals surface area contributed by atoms with Crippen molar-refractivity contribution < 1.29 is 4.74 Å². The van der Waals surface area contributed by atoms with Crippen LogP contribution in [-0.2, 0) is 17.8 Å². The molecule has 2 nitrogen and oxygen atoms in total. The molecule has 0 aliphatic carbocycles. The molecule has 1 rings (SSSR count). The summed E-state index contributed by atoms with van der Waals surface area (Å²) in [7, 11) is 0. The molecule has 0 amide bonds. The number of aryl methyl sites for hydroxylation is 1. The van der Waals surface area contributed by atoms with Crippen molar-refractivity contribution in [2.24, 2.45) is 0 Å². The van der Waals surface area contributed by atoms with Crippen LogP contribution in [0.25, 0.3) is 0 Å². The molecule has 0 saturated carbocycles. The van der Waals surface area contributed by atoms with Crippen molar-refractivity contribution in [1.82, 2.24) is 5.32 Å². The molecule has 102 valence electrons. The second kappa shape index (κ2) is 7.55. The van der Waals surface area contributed by atoms with Gasteiger partial charge in [-0.15, -0.1) is 0 Å². The lowest BCUT2D eigenvalue weighted by atomic mass is 10.1. The molecule has 0 aliphatic heterocycles. The molecule has 0 radical (unpaired) electrons. The first-order valence-electron chi connectivity index (χ1n) is 6.92. The van der Waals surface area contributed by atoms with Gasteiger partial charge in [-0.3, -0.25) is 0 Å². The number of nitrogens with one attached hydrogen (secondary N) is 1. The molecule has 0 saturated heterocycles. The lowest BCUT2D eigenvalue weighted by molar-refractivity contribution is 0.117. The smallest absolute Gasteiger partial charge is 0.0716 e. The van der Waals surface area contributed by atoms with E-state index in [2.05, 4.69) is 57.3 Å². The molecule has 0 aliphatic rings. The van der Waals surface area contributed by atoms with Gasteiger partial charge in [0.2, 0.25) is 0 Å². The van der Waals surface area contributed by atoms with Crippen LogP contribution in [0.3, 0.4) is 0 Å². The summed E-state index contributed by atoms with van der Waals surface area (Å²) in [4.78, 5) is 0. The number of ether oxygens (including phenoxy) is 1. The largest absolute Gasteiger partial charge is 0.377 e. The van der Waals surface area contributed by atoms with E-state index < -0.39 is 0 Å². The summed E-state index contributed by atoms with van der Waals surface area (Å²) in [5, 5.41) is 3.46. The highest BCUT2D eigenvalue weighted by Crippen LogP contribution is 2.07. The highest BCUT2D eigenvalue weighted by molar-refractivity contribution is 5.22. The van der Waals surface area contributed by atoms with Crippen molar-refractivity contribution in [3.63, 3.8) is 0 Å². The zero-order valence-electron chi connectivity index (χ0n) is 12.3. The third-order valence-corrected chi connectivity index (χ3v) is 2.79. The first-order chi connectivity index (χ1) is 8.51. The molecule has 0 fully saturated rings. The minimum absolute atomic E-state index is 0.204. The minimum Gasteiger partial charge on any atom is -0.377 e. The average molecular weight is 249 g/mol. The van der Waals surface area contributed by atoms with E-state index in [1.54, 1.807) is 0 Å². The van der Waals surface area contributed by atoms with Crippen molar-refractivity contribution in [3.8, 4) is 0 Å². The number of rotatable bonds is 7. The van der Waals surface area contributed by atoms with Gasteiger partial charge in [-0.05, 0) is 51.3 Å². The van der Waals surface area contributed by atoms with Crippen LogP contribution >= 0.6 is 0 Å². The predicted molar refractivity (Wildman–Crippen MR) is 77.8 cm³/mol. The van der Waals surface area contributed by atoms with Crippen LogP contribution in [0.5, 0.6) is 0 Å². The molecular weight excluding hydrogens is 222 g/mol. The Hall–Kier alpha value is -0.860. The lowest BCUT2D eigenvalue weighted by Crippen LogP contribution is -2.36. The minimum atomic E-state index is 0.204. The Morgan fingerprint density at radius 2 is 1.89 bits per heavy atom. The van der Waals surface area contributed by atoms with Crippen molar-refractivity contribution in [1.29, 1.82) is 0 Å². The first-order valence-corrected chi connectivity index (χ1v) is 6.92. The van der Waals surface area contributed by atoms with E-state index in [9.17, 15) is 0 Å². The van der Waals surface area contributed by atoms with Gasteiger partial charge in [0.25, 0.3) is 0 Å². The lowest BCUT2D eigenvalue weighted by Gasteiger charge is -2.20. The van der Waals surface area contributed by atoms with Crippen LogP contribution in [0.2, 0.25) is 0 Å². The molecule has 2 heteroatoms. The molecule has 0 bridgehead atoms. The summed E-state index contributed by atoms with van der Waals surface area (Å²) >= 11 is 0. The molecule has 1 aromatic carbocycles. The van der Waals surface area contributed by atoms with E-state index >= 15 is 0 Å². The maximum absolute atomic E-state index is 5.69. The van der Waals surface area contributed by atoms with Gasteiger partial charge in [-0.2, -0.15) is 0 Å². The molecule has 1 N–H and O–H groups in total. The maximum Gasteiger partial charge on any atom is 0.0716 e. The molecule has 0 atom stereocenters. The zero-order valence-corrected chi connectivity index (χ0v) is 12.3. The fourth-order valence-corrected chi connectivity index (χ4v) is 1.77. The summed E-state index contributed by atoms with van der Waals surface area (Å²) in [6.45, 7) is 11.3. The van der Waals surface area contributed by atoms with Crippen molar-refractivity contribution in [2.75, 3.05) is 13.2 Å². The van der Waals surface area contributed by atoms with E-state index in [0.29, 0.717) is 0 Å². The van der Waals surface area contributed by atoms with Gasteiger partial charge in [-0.1, -0.05) is 31.2 Å². The SMILES string of the molecule is CCc1cccc(COCCCNC(C)(C)C)c1. The standard InChI is InChI=1S/C16H27NO/c1-5-14-8-6-9-15(12-14)13-18-11-7-10-17-16(2,3)4/h6,8-9,12,17H,5,7,10-11,13H2,1-4H3. The Morgan fingerprint density at radius 1 is 1.17 bits per heavy atom. The monoisotopic (exact) mass is 249 g/mol. The fourth-order valence-electron chi connectivity index (χ4n) is 1.77. The van der Waals surface area contributed by atoms with Crippen molar-refractivity contribution in [3.05, 3.63) is 35.4 Å². The van der Waals surface area contributed by atoms with E-state index in [4.69, 9.17) is 4.74 Å². The number of benzene rings is 1. The summed E-state index contributed by atoms with van der Waals surface area (Å²) in [6.07, 6.45) is 2.15. The zero-order chi connectivity index (χ0) is 13.4. The van der Waals surface area contributed by atoms with Crippen LogP contribution < -0.4 is 5.32 Å². The van der Waals surface area contributed by atoms with Crippen LogP contribution in [0.15, 0.2) is 24.3 Å². The van der Waals surface area contributed by atoms with Crippen molar-refractivity contribution in [2.45, 2.75) is 52.7 Å². The van der Waals surface area contributed by atoms with Crippen LogP contribution in [0, 0.1) is 0 Å². The average Bonchev–Trinajstić information content (AvgIpc) is 2.32. The predicted octanol–water partition coefficient (Wildman–Crippen LogP) is 3.54. The highest BCUT2D eigenvalue weighted by Gasteiger charge is 2.06. The third kappa shape index (κ3) is 6.77. The van der Waals surface area contributed by atoms with E-state index in [1.165, 1.54) is 11.1 Å². The number of hydrogen-bond acceptors (Lipinski definition) is 2. The normalized spacial score (nSPS) is 11.8. The van der Waals surface area contributed by atoms with Gasteiger partial charge < -0.3 is 10.1 Å².